The van der Waals surface area contributed by atoms with Crippen molar-refractivity contribution in [2.45, 2.75) is 12.2 Å². The molecule has 0 saturated heterocycles. The molecule has 0 bridgehead atoms. The molecule has 0 fully saturated rings. The van der Waals surface area contributed by atoms with Crippen LogP contribution in [-0.4, -0.2) is 27.2 Å². The van der Waals surface area contributed by atoms with Crippen molar-refractivity contribution >= 4 is 5.91 Å². The van der Waals surface area contributed by atoms with Gasteiger partial charge in [-0.25, -0.2) is 4.98 Å². The first kappa shape index (κ1) is 11.1. The maximum atomic E-state index is 10.6. The maximum absolute atomic E-state index is 10.6. The highest BCUT2D eigenvalue weighted by molar-refractivity contribution is 5.79. The van der Waals surface area contributed by atoms with Crippen LogP contribution in [0.15, 0.2) is 18.2 Å². The zero-order chi connectivity index (χ0) is 11.4. The Balaban J connectivity index is 2.96. The minimum absolute atomic E-state index is 0.0281. The van der Waals surface area contributed by atoms with Crippen molar-refractivity contribution in [3.63, 3.8) is 0 Å². The van der Waals surface area contributed by atoms with Crippen LogP contribution in [-0.2, 0) is 4.79 Å². The molecule has 2 unspecified atom stereocenters. The highest BCUT2D eigenvalue weighted by Crippen LogP contribution is 2.14. The normalized spacial score (nSPS) is 13.9. The molecule has 15 heavy (non-hydrogen) atoms. The number of aliphatic hydroxyl groups is 2. The number of pyridine rings is 1. The average Bonchev–Trinajstić information content (AvgIpc) is 2.27. The van der Waals surface area contributed by atoms with E-state index in [4.69, 9.17) is 16.1 Å². The van der Waals surface area contributed by atoms with E-state index in [-0.39, 0.29) is 11.4 Å². The first-order valence-electron chi connectivity index (χ1n) is 4.08. The fourth-order valence-corrected chi connectivity index (χ4v) is 0.996. The van der Waals surface area contributed by atoms with Crippen molar-refractivity contribution in [1.82, 2.24) is 4.98 Å². The number of nitriles is 1. The van der Waals surface area contributed by atoms with Gasteiger partial charge in [0.2, 0.25) is 5.91 Å². The second-order valence-electron chi connectivity index (χ2n) is 2.85. The summed E-state index contributed by atoms with van der Waals surface area (Å²) >= 11 is 0. The predicted molar refractivity (Wildman–Crippen MR) is 49.1 cm³/mol. The number of hydrogen-bond acceptors (Lipinski definition) is 5. The Morgan fingerprint density at radius 3 is 2.73 bits per heavy atom. The first-order valence-corrected chi connectivity index (χ1v) is 4.08. The molecule has 0 radical (unpaired) electrons. The summed E-state index contributed by atoms with van der Waals surface area (Å²) in [5.41, 5.74) is 4.92. The van der Waals surface area contributed by atoms with Crippen molar-refractivity contribution in [1.29, 1.82) is 5.26 Å². The van der Waals surface area contributed by atoms with E-state index >= 15 is 0 Å². The molecule has 0 aliphatic heterocycles. The summed E-state index contributed by atoms with van der Waals surface area (Å²) in [7, 11) is 0. The molecule has 2 atom stereocenters. The summed E-state index contributed by atoms with van der Waals surface area (Å²) in [5, 5.41) is 27.2. The smallest absolute Gasteiger partial charge is 0.249 e. The molecule has 0 saturated carbocycles. The Labute approximate surface area is 85.6 Å². The molecule has 1 amide bonds. The van der Waals surface area contributed by atoms with E-state index < -0.39 is 18.1 Å². The van der Waals surface area contributed by atoms with E-state index in [2.05, 4.69) is 4.98 Å². The van der Waals surface area contributed by atoms with Crippen LogP contribution >= 0.6 is 0 Å². The molecule has 0 aromatic carbocycles. The molecule has 1 aromatic heterocycles. The summed E-state index contributed by atoms with van der Waals surface area (Å²) in [6.07, 6.45) is -3.25. The molecule has 1 rings (SSSR count). The summed E-state index contributed by atoms with van der Waals surface area (Å²) in [6, 6.07) is 6.08. The van der Waals surface area contributed by atoms with Crippen LogP contribution < -0.4 is 5.73 Å². The first-order chi connectivity index (χ1) is 7.06. The lowest BCUT2D eigenvalue weighted by Gasteiger charge is -2.13. The van der Waals surface area contributed by atoms with Crippen molar-refractivity contribution in [3.05, 3.63) is 29.6 Å². The van der Waals surface area contributed by atoms with Gasteiger partial charge in [0.15, 0.2) is 6.10 Å². The zero-order valence-corrected chi connectivity index (χ0v) is 7.66. The number of aliphatic hydroxyl groups excluding tert-OH is 2. The SMILES string of the molecule is N#Cc1cccc(C(O)C(O)C(N)=O)n1. The van der Waals surface area contributed by atoms with Gasteiger partial charge in [-0.15, -0.1) is 0 Å². The van der Waals surface area contributed by atoms with Crippen LogP contribution in [0.5, 0.6) is 0 Å². The van der Waals surface area contributed by atoms with Crippen molar-refractivity contribution < 1.29 is 15.0 Å². The highest BCUT2D eigenvalue weighted by Gasteiger charge is 2.24. The summed E-state index contributed by atoms with van der Waals surface area (Å²) in [5.74, 6) is -1.05. The lowest BCUT2D eigenvalue weighted by Crippen LogP contribution is -2.34. The molecule has 78 valence electrons. The number of hydrogen-bond donors (Lipinski definition) is 3. The average molecular weight is 207 g/mol. The molecule has 1 aromatic rings. The Kier molecular flexibility index (Phi) is 3.33. The zero-order valence-electron chi connectivity index (χ0n) is 7.66. The van der Waals surface area contributed by atoms with E-state index in [1.807, 2.05) is 0 Å². The minimum atomic E-state index is -1.73. The van der Waals surface area contributed by atoms with E-state index in [1.165, 1.54) is 18.2 Å². The van der Waals surface area contributed by atoms with Gasteiger partial charge in [0, 0.05) is 0 Å². The number of carbonyl (C=O) groups excluding carboxylic acids is 1. The number of primary amides is 1. The summed E-state index contributed by atoms with van der Waals surface area (Å²) < 4.78 is 0. The Morgan fingerprint density at radius 1 is 1.53 bits per heavy atom. The second kappa shape index (κ2) is 4.50. The van der Waals surface area contributed by atoms with Crippen molar-refractivity contribution in [3.8, 4) is 6.07 Å². The number of rotatable bonds is 3. The van der Waals surface area contributed by atoms with Crippen LogP contribution in [0.1, 0.15) is 17.5 Å². The molecular weight excluding hydrogens is 198 g/mol. The van der Waals surface area contributed by atoms with Gasteiger partial charge in [-0.05, 0) is 12.1 Å². The number of amides is 1. The van der Waals surface area contributed by atoms with E-state index in [1.54, 1.807) is 6.07 Å². The molecule has 0 aliphatic rings. The molecule has 0 aliphatic carbocycles. The molecular formula is C9H9N3O3. The molecule has 1 heterocycles. The summed E-state index contributed by atoms with van der Waals surface area (Å²) in [6.45, 7) is 0. The van der Waals surface area contributed by atoms with Gasteiger partial charge in [0.1, 0.15) is 17.9 Å². The van der Waals surface area contributed by atoms with Gasteiger partial charge in [-0.2, -0.15) is 5.26 Å². The van der Waals surface area contributed by atoms with E-state index in [0.29, 0.717) is 0 Å². The lowest BCUT2D eigenvalue weighted by atomic mass is 10.1. The monoisotopic (exact) mass is 207 g/mol. The number of nitrogens with two attached hydrogens (primary N) is 1. The topological polar surface area (TPSA) is 120 Å². The lowest BCUT2D eigenvalue weighted by molar-refractivity contribution is -0.132. The molecule has 6 heteroatoms. The third-order valence-electron chi connectivity index (χ3n) is 1.78. The fraction of sp³-hybridized carbons (Fsp3) is 0.222. The Bertz CT molecular complexity index is 413. The standard InChI is InChI=1S/C9H9N3O3/c10-4-5-2-1-3-6(12-5)7(13)8(14)9(11)15/h1-3,7-8,13-14H,(H2,11,15). The number of aromatic nitrogens is 1. The molecule has 0 spiro atoms. The number of nitrogens with zero attached hydrogens (tertiary/aromatic N) is 2. The van der Waals surface area contributed by atoms with Crippen molar-refractivity contribution in [2.24, 2.45) is 5.73 Å². The van der Waals surface area contributed by atoms with Gasteiger partial charge in [0.25, 0.3) is 0 Å². The Hall–Kier alpha value is -1.97. The highest BCUT2D eigenvalue weighted by atomic mass is 16.3. The largest absolute Gasteiger partial charge is 0.384 e. The maximum Gasteiger partial charge on any atom is 0.249 e. The minimum Gasteiger partial charge on any atom is -0.384 e. The number of carbonyl (C=O) groups is 1. The quantitative estimate of drug-likeness (QED) is 0.577. The van der Waals surface area contributed by atoms with Gasteiger partial charge >= 0.3 is 0 Å². The Morgan fingerprint density at radius 2 is 2.20 bits per heavy atom. The third-order valence-corrected chi connectivity index (χ3v) is 1.78. The van der Waals surface area contributed by atoms with E-state index in [0.717, 1.165) is 0 Å². The third kappa shape index (κ3) is 2.49. The van der Waals surface area contributed by atoms with Gasteiger partial charge in [-0.1, -0.05) is 6.07 Å². The van der Waals surface area contributed by atoms with Crippen molar-refractivity contribution in [2.75, 3.05) is 0 Å². The second-order valence-corrected chi connectivity index (χ2v) is 2.85. The molecule has 6 nitrogen and oxygen atoms in total. The van der Waals surface area contributed by atoms with Gasteiger partial charge < -0.3 is 15.9 Å². The van der Waals surface area contributed by atoms with E-state index in [9.17, 15) is 9.90 Å². The van der Waals surface area contributed by atoms with Crippen LogP contribution in [0.4, 0.5) is 0 Å². The van der Waals surface area contributed by atoms with Crippen LogP contribution in [0.25, 0.3) is 0 Å². The fourth-order valence-electron chi connectivity index (χ4n) is 0.996. The van der Waals surface area contributed by atoms with Crippen LogP contribution in [0.3, 0.4) is 0 Å². The predicted octanol–water partition coefficient (Wildman–Crippen LogP) is -1.17. The van der Waals surface area contributed by atoms with Crippen LogP contribution in [0, 0.1) is 11.3 Å². The summed E-state index contributed by atoms with van der Waals surface area (Å²) in [4.78, 5) is 14.3. The van der Waals surface area contributed by atoms with Gasteiger partial charge in [-0.3, -0.25) is 4.79 Å². The molecule has 4 N–H and O–H groups in total. The van der Waals surface area contributed by atoms with Gasteiger partial charge in [0.05, 0.1) is 5.69 Å². The van der Waals surface area contributed by atoms with Crippen LogP contribution in [0.2, 0.25) is 0 Å².